The molecule has 8 nitrogen and oxygen atoms in total. The number of aromatic hydroxyl groups is 2. The van der Waals surface area contributed by atoms with Crippen molar-refractivity contribution in [2.24, 2.45) is 0 Å². The van der Waals surface area contributed by atoms with Crippen molar-refractivity contribution in [1.29, 1.82) is 0 Å². The number of nitrogens with zero attached hydrogens (tertiary/aromatic N) is 2. The second-order valence-electron chi connectivity index (χ2n) is 6.19. The number of hydrogen-bond acceptors (Lipinski definition) is 6. The number of rotatable bonds is 6. The summed E-state index contributed by atoms with van der Waals surface area (Å²) in [5.74, 6) is -1.61. The topological polar surface area (TPSA) is 118 Å². The monoisotopic (exact) mass is 350 g/mol. The molecule has 0 aromatic heterocycles. The van der Waals surface area contributed by atoms with Gasteiger partial charge in [0.05, 0.1) is 6.04 Å². The van der Waals surface area contributed by atoms with Gasteiger partial charge in [-0.15, -0.1) is 0 Å². The van der Waals surface area contributed by atoms with E-state index in [0.29, 0.717) is 24.8 Å². The molecule has 2 rings (SSSR count). The largest absolute Gasteiger partial charge is 0.504 e. The van der Waals surface area contributed by atoms with E-state index < -0.39 is 24.1 Å². The van der Waals surface area contributed by atoms with Crippen LogP contribution in [0.3, 0.4) is 0 Å². The zero-order valence-electron chi connectivity index (χ0n) is 14.1. The van der Waals surface area contributed by atoms with E-state index in [9.17, 15) is 29.7 Å². The molecule has 1 aliphatic rings. The fourth-order valence-corrected chi connectivity index (χ4v) is 2.66. The van der Waals surface area contributed by atoms with Crippen molar-refractivity contribution < 1.29 is 29.7 Å². The number of carbonyl (C=O) groups excluding carboxylic acids is 3. The Labute approximate surface area is 145 Å². The number of amides is 2. The normalized spacial score (nSPS) is 18.8. The fraction of sp³-hybridized carbons (Fsp3) is 0.471. The van der Waals surface area contributed by atoms with Crippen molar-refractivity contribution in [2.75, 3.05) is 13.6 Å². The average molecular weight is 350 g/mol. The molecule has 0 radical (unpaired) electrons. The average Bonchev–Trinajstić information content (AvgIpc) is 2.55. The lowest BCUT2D eigenvalue weighted by Gasteiger charge is -2.40. The Kier molecular flexibility index (Phi) is 5.63. The summed E-state index contributed by atoms with van der Waals surface area (Å²) in [6.45, 7) is 2.02. The van der Waals surface area contributed by atoms with E-state index in [1.54, 1.807) is 6.92 Å². The Morgan fingerprint density at radius 3 is 2.56 bits per heavy atom. The van der Waals surface area contributed by atoms with Crippen LogP contribution in [-0.2, 0) is 20.8 Å². The summed E-state index contributed by atoms with van der Waals surface area (Å²) >= 11 is 0. The predicted molar refractivity (Wildman–Crippen MR) is 87.9 cm³/mol. The molecule has 3 unspecified atom stereocenters. The van der Waals surface area contributed by atoms with E-state index in [0.717, 1.165) is 4.90 Å². The Bertz CT molecular complexity index is 677. The molecule has 1 aliphatic heterocycles. The molecule has 0 aliphatic carbocycles. The van der Waals surface area contributed by atoms with Crippen LogP contribution in [0.4, 0.5) is 0 Å². The van der Waals surface area contributed by atoms with Crippen molar-refractivity contribution in [3.63, 3.8) is 0 Å². The van der Waals surface area contributed by atoms with Crippen LogP contribution in [0.5, 0.6) is 11.5 Å². The van der Waals surface area contributed by atoms with Gasteiger partial charge >= 0.3 is 0 Å². The summed E-state index contributed by atoms with van der Waals surface area (Å²) < 4.78 is 0. The summed E-state index contributed by atoms with van der Waals surface area (Å²) in [6, 6.07) is 2.76. The molecular formula is C17H22N2O6. The van der Waals surface area contributed by atoms with E-state index in [-0.39, 0.29) is 23.8 Å². The first-order valence-corrected chi connectivity index (χ1v) is 7.97. The minimum absolute atomic E-state index is 0.0708. The Balaban J connectivity index is 1.98. The number of phenols is 2. The zero-order chi connectivity index (χ0) is 18.7. The van der Waals surface area contributed by atoms with Crippen LogP contribution in [0.2, 0.25) is 0 Å². The molecule has 0 spiro atoms. The van der Waals surface area contributed by atoms with Gasteiger partial charge in [0, 0.05) is 20.0 Å². The Morgan fingerprint density at radius 2 is 2.04 bits per heavy atom. The van der Waals surface area contributed by atoms with Gasteiger partial charge in [0.1, 0.15) is 18.4 Å². The smallest absolute Gasteiger partial charge is 0.252 e. The van der Waals surface area contributed by atoms with Crippen LogP contribution < -0.4 is 0 Å². The zero-order valence-corrected chi connectivity index (χ0v) is 14.1. The van der Waals surface area contributed by atoms with E-state index in [1.807, 2.05) is 0 Å². The van der Waals surface area contributed by atoms with E-state index in [2.05, 4.69) is 0 Å². The standard InChI is InChI=1S/C17H22N2O6/c1-10(16(24)19-6-5-12(19)9-20)18(2)17(25)15(23)8-11-3-4-13(21)14(22)7-11/h3-4,7,9-10,12,15,21-23H,5-6,8H2,1-2H3. The maximum atomic E-state index is 12.3. The highest BCUT2D eigenvalue weighted by atomic mass is 16.3. The SMILES string of the molecule is CC(C(=O)N1CCC1C=O)N(C)C(=O)C(O)Cc1ccc(O)c(O)c1. The number of likely N-dealkylation sites (tertiary alicyclic amines) is 1. The van der Waals surface area contributed by atoms with Crippen molar-refractivity contribution in [3.8, 4) is 11.5 Å². The molecule has 8 heteroatoms. The van der Waals surface area contributed by atoms with Crippen LogP contribution in [0.1, 0.15) is 18.9 Å². The molecule has 1 saturated heterocycles. The van der Waals surface area contributed by atoms with Gasteiger partial charge in [0.15, 0.2) is 11.5 Å². The summed E-state index contributed by atoms with van der Waals surface area (Å²) in [6.07, 6.45) is -0.143. The van der Waals surface area contributed by atoms with Crippen molar-refractivity contribution in [2.45, 2.75) is 38.0 Å². The van der Waals surface area contributed by atoms with Crippen LogP contribution >= 0.6 is 0 Å². The minimum Gasteiger partial charge on any atom is -0.504 e. The number of carbonyl (C=O) groups is 3. The molecule has 1 aromatic carbocycles. The molecule has 1 fully saturated rings. The van der Waals surface area contributed by atoms with Gasteiger partial charge in [-0.3, -0.25) is 9.59 Å². The highest BCUT2D eigenvalue weighted by molar-refractivity contribution is 5.90. The van der Waals surface area contributed by atoms with Gasteiger partial charge in [-0.1, -0.05) is 6.07 Å². The predicted octanol–water partition coefficient (Wildman–Crippen LogP) is -0.352. The molecule has 3 atom stereocenters. The van der Waals surface area contributed by atoms with Gasteiger partial charge in [0.25, 0.3) is 5.91 Å². The number of hydrogen-bond donors (Lipinski definition) is 3. The molecule has 1 aromatic rings. The molecule has 1 heterocycles. The highest BCUT2D eigenvalue weighted by Gasteiger charge is 2.37. The second kappa shape index (κ2) is 7.52. The van der Waals surface area contributed by atoms with Crippen LogP contribution in [0.25, 0.3) is 0 Å². The van der Waals surface area contributed by atoms with E-state index >= 15 is 0 Å². The summed E-state index contributed by atoms with van der Waals surface area (Å²) in [4.78, 5) is 38.1. The van der Waals surface area contributed by atoms with E-state index in [1.165, 1.54) is 30.1 Å². The van der Waals surface area contributed by atoms with Crippen molar-refractivity contribution in [1.82, 2.24) is 9.80 Å². The quantitative estimate of drug-likeness (QED) is 0.477. The lowest BCUT2D eigenvalue weighted by Crippen LogP contribution is -2.58. The van der Waals surface area contributed by atoms with Gasteiger partial charge in [-0.25, -0.2) is 0 Å². The maximum absolute atomic E-state index is 12.3. The lowest BCUT2D eigenvalue weighted by atomic mass is 10.0. The van der Waals surface area contributed by atoms with Crippen LogP contribution in [0.15, 0.2) is 18.2 Å². The lowest BCUT2D eigenvalue weighted by molar-refractivity contribution is -0.153. The van der Waals surface area contributed by atoms with Crippen molar-refractivity contribution in [3.05, 3.63) is 23.8 Å². The summed E-state index contributed by atoms with van der Waals surface area (Å²) in [5.41, 5.74) is 0.465. The van der Waals surface area contributed by atoms with Crippen molar-refractivity contribution >= 4 is 18.1 Å². The summed E-state index contributed by atoms with van der Waals surface area (Å²) in [5, 5.41) is 28.9. The van der Waals surface area contributed by atoms with Gasteiger partial charge in [0.2, 0.25) is 5.91 Å². The Morgan fingerprint density at radius 1 is 1.36 bits per heavy atom. The number of likely N-dealkylation sites (N-methyl/N-ethyl adjacent to an activating group) is 1. The number of aliphatic hydroxyl groups excluding tert-OH is 1. The third kappa shape index (κ3) is 3.90. The minimum atomic E-state index is -1.40. The maximum Gasteiger partial charge on any atom is 0.252 e. The molecule has 2 amide bonds. The number of phenolic OH excluding ortho intramolecular Hbond substituents is 2. The van der Waals surface area contributed by atoms with Gasteiger partial charge in [-0.05, 0) is 31.0 Å². The first-order valence-electron chi connectivity index (χ1n) is 7.97. The number of aldehydes is 1. The van der Waals surface area contributed by atoms with Crippen LogP contribution in [0, 0.1) is 0 Å². The third-order valence-electron chi connectivity index (χ3n) is 4.55. The first-order chi connectivity index (χ1) is 11.8. The van der Waals surface area contributed by atoms with Crippen LogP contribution in [-0.4, -0.2) is 75.0 Å². The van der Waals surface area contributed by atoms with Gasteiger partial charge < -0.3 is 29.9 Å². The molecule has 25 heavy (non-hydrogen) atoms. The Hall–Kier alpha value is -2.61. The summed E-state index contributed by atoms with van der Waals surface area (Å²) in [7, 11) is 1.41. The second-order valence-corrected chi connectivity index (χ2v) is 6.19. The fourth-order valence-electron chi connectivity index (χ4n) is 2.66. The highest BCUT2D eigenvalue weighted by Crippen LogP contribution is 2.25. The first kappa shape index (κ1) is 18.7. The van der Waals surface area contributed by atoms with Gasteiger partial charge in [-0.2, -0.15) is 0 Å². The molecule has 3 N–H and O–H groups in total. The number of aliphatic hydroxyl groups is 1. The molecule has 136 valence electrons. The third-order valence-corrected chi connectivity index (χ3v) is 4.55. The molecular weight excluding hydrogens is 328 g/mol. The molecule has 0 saturated carbocycles. The van der Waals surface area contributed by atoms with E-state index in [4.69, 9.17) is 0 Å². The number of benzene rings is 1. The molecule has 0 bridgehead atoms.